The minimum atomic E-state index is 0.0678. The molecule has 128 valence electrons. The van der Waals surface area contributed by atoms with Crippen molar-refractivity contribution in [2.75, 3.05) is 13.1 Å². The number of likely N-dealkylation sites (tertiary alicyclic amines) is 1. The van der Waals surface area contributed by atoms with E-state index in [0.717, 1.165) is 24.0 Å². The van der Waals surface area contributed by atoms with Crippen LogP contribution in [0.15, 0.2) is 24.4 Å². The van der Waals surface area contributed by atoms with Gasteiger partial charge in [-0.1, -0.05) is 33.8 Å². The Morgan fingerprint density at radius 1 is 1.25 bits per heavy atom. The van der Waals surface area contributed by atoms with Crippen molar-refractivity contribution in [3.8, 4) is 5.82 Å². The van der Waals surface area contributed by atoms with Gasteiger partial charge in [0, 0.05) is 37.5 Å². The second kappa shape index (κ2) is 6.71. The molecule has 3 rings (SSSR count). The largest absolute Gasteiger partial charge is 0.342 e. The molecule has 1 unspecified atom stereocenters. The lowest BCUT2D eigenvalue weighted by atomic mass is 10.1. The van der Waals surface area contributed by atoms with E-state index in [4.69, 9.17) is 4.98 Å². The summed E-state index contributed by atoms with van der Waals surface area (Å²) in [6, 6.07) is 5.74. The third-order valence-electron chi connectivity index (χ3n) is 4.20. The molecule has 0 aromatic carbocycles. The molecule has 1 amide bonds. The van der Waals surface area contributed by atoms with Crippen LogP contribution < -0.4 is 0 Å². The van der Waals surface area contributed by atoms with Crippen molar-refractivity contribution >= 4 is 5.91 Å². The van der Waals surface area contributed by atoms with Gasteiger partial charge in [-0.05, 0) is 18.1 Å². The van der Waals surface area contributed by atoms with E-state index >= 15 is 0 Å². The SMILES string of the molecule is CC(C)CN1CC(c2nc(C(C)C)nn2-c2ccccn2)CC1=O. The number of pyridine rings is 1. The molecule has 0 bridgehead atoms. The van der Waals surface area contributed by atoms with Crippen molar-refractivity contribution in [1.29, 1.82) is 0 Å². The highest BCUT2D eigenvalue weighted by Gasteiger charge is 2.34. The minimum Gasteiger partial charge on any atom is -0.342 e. The van der Waals surface area contributed by atoms with Crippen LogP contribution in [0.4, 0.5) is 0 Å². The second-order valence-electron chi connectivity index (χ2n) is 7.18. The van der Waals surface area contributed by atoms with Crippen molar-refractivity contribution in [3.63, 3.8) is 0 Å². The Hall–Kier alpha value is -2.24. The standard InChI is InChI=1S/C18H25N5O/c1-12(2)10-22-11-14(9-16(22)24)18-20-17(13(3)4)21-23(18)15-7-5-6-8-19-15/h5-8,12-14H,9-11H2,1-4H3. The Morgan fingerprint density at radius 3 is 2.67 bits per heavy atom. The summed E-state index contributed by atoms with van der Waals surface area (Å²) in [6.45, 7) is 9.92. The average molecular weight is 327 g/mol. The maximum atomic E-state index is 12.3. The van der Waals surface area contributed by atoms with E-state index in [1.807, 2.05) is 27.8 Å². The molecule has 0 spiro atoms. The summed E-state index contributed by atoms with van der Waals surface area (Å²) in [7, 11) is 0. The van der Waals surface area contributed by atoms with Crippen molar-refractivity contribution < 1.29 is 4.79 Å². The Kier molecular flexibility index (Phi) is 4.64. The fourth-order valence-electron chi connectivity index (χ4n) is 3.06. The van der Waals surface area contributed by atoms with Crippen LogP contribution in [-0.4, -0.2) is 43.6 Å². The van der Waals surface area contributed by atoms with Crippen LogP contribution in [-0.2, 0) is 4.79 Å². The van der Waals surface area contributed by atoms with Gasteiger partial charge in [-0.2, -0.15) is 4.68 Å². The van der Waals surface area contributed by atoms with Gasteiger partial charge < -0.3 is 4.90 Å². The predicted molar refractivity (Wildman–Crippen MR) is 92.0 cm³/mol. The van der Waals surface area contributed by atoms with Crippen LogP contribution >= 0.6 is 0 Å². The monoisotopic (exact) mass is 327 g/mol. The van der Waals surface area contributed by atoms with Crippen molar-refractivity contribution in [2.24, 2.45) is 5.92 Å². The fraction of sp³-hybridized carbons (Fsp3) is 0.556. The molecule has 0 radical (unpaired) electrons. The number of hydrogen-bond donors (Lipinski definition) is 0. The molecule has 0 saturated carbocycles. The minimum absolute atomic E-state index is 0.0678. The van der Waals surface area contributed by atoms with Crippen molar-refractivity contribution in [2.45, 2.75) is 46.0 Å². The van der Waals surface area contributed by atoms with E-state index in [1.165, 1.54) is 0 Å². The topological polar surface area (TPSA) is 63.9 Å². The molecule has 2 aromatic rings. The molecule has 24 heavy (non-hydrogen) atoms. The van der Waals surface area contributed by atoms with E-state index in [-0.39, 0.29) is 17.7 Å². The Labute approximate surface area is 142 Å². The van der Waals surface area contributed by atoms with Crippen LogP contribution in [0, 0.1) is 5.92 Å². The number of carbonyl (C=O) groups excluding carboxylic acids is 1. The summed E-state index contributed by atoms with van der Waals surface area (Å²) in [5, 5.41) is 4.65. The van der Waals surface area contributed by atoms with Crippen LogP contribution in [0.5, 0.6) is 0 Å². The van der Waals surface area contributed by atoms with Crippen LogP contribution in [0.25, 0.3) is 5.82 Å². The smallest absolute Gasteiger partial charge is 0.223 e. The lowest BCUT2D eigenvalue weighted by Gasteiger charge is -2.18. The van der Waals surface area contributed by atoms with Gasteiger partial charge in [0.2, 0.25) is 5.91 Å². The zero-order valence-electron chi connectivity index (χ0n) is 14.8. The molecular formula is C18H25N5O. The average Bonchev–Trinajstić information content (AvgIpc) is 3.12. The molecule has 1 aliphatic heterocycles. The first-order chi connectivity index (χ1) is 11.5. The van der Waals surface area contributed by atoms with Gasteiger partial charge in [0.05, 0.1) is 0 Å². The van der Waals surface area contributed by atoms with E-state index < -0.39 is 0 Å². The third kappa shape index (κ3) is 3.32. The molecule has 3 heterocycles. The second-order valence-corrected chi connectivity index (χ2v) is 7.18. The Morgan fingerprint density at radius 2 is 2.04 bits per heavy atom. The van der Waals surface area contributed by atoms with Gasteiger partial charge in [-0.3, -0.25) is 4.79 Å². The molecule has 0 N–H and O–H groups in total. The van der Waals surface area contributed by atoms with Gasteiger partial charge in [0.15, 0.2) is 11.6 Å². The van der Waals surface area contributed by atoms with Gasteiger partial charge in [0.1, 0.15) is 5.82 Å². The highest BCUT2D eigenvalue weighted by Crippen LogP contribution is 2.29. The molecule has 1 aliphatic rings. The summed E-state index contributed by atoms with van der Waals surface area (Å²) in [6.07, 6.45) is 2.25. The van der Waals surface area contributed by atoms with Gasteiger partial charge >= 0.3 is 0 Å². The summed E-state index contributed by atoms with van der Waals surface area (Å²) in [5.41, 5.74) is 0. The highest BCUT2D eigenvalue weighted by atomic mass is 16.2. The highest BCUT2D eigenvalue weighted by molar-refractivity contribution is 5.79. The van der Waals surface area contributed by atoms with Gasteiger partial charge in [0.25, 0.3) is 0 Å². The molecule has 1 saturated heterocycles. The molecule has 6 heteroatoms. The predicted octanol–water partition coefficient (Wildman–Crippen LogP) is 2.76. The maximum absolute atomic E-state index is 12.3. The van der Waals surface area contributed by atoms with Crippen LogP contribution in [0.2, 0.25) is 0 Å². The lowest BCUT2D eigenvalue weighted by Crippen LogP contribution is -2.29. The first kappa shape index (κ1) is 16.6. The summed E-state index contributed by atoms with van der Waals surface area (Å²) in [5.74, 6) is 3.36. The van der Waals surface area contributed by atoms with E-state index in [0.29, 0.717) is 18.9 Å². The van der Waals surface area contributed by atoms with E-state index in [9.17, 15) is 4.79 Å². The van der Waals surface area contributed by atoms with Crippen molar-refractivity contribution in [3.05, 3.63) is 36.0 Å². The first-order valence-corrected chi connectivity index (χ1v) is 8.61. The van der Waals surface area contributed by atoms with Gasteiger partial charge in [-0.25, -0.2) is 9.97 Å². The normalized spacial score (nSPS) is 18.2. The van der Waals surface area contributed by atoms with Crippen LogP contribution in [0.3, 0.4) is 0 Å². The number of aromatic nitrogens is 4. The quantitative estimate of drug-likeness (QED) is 0.847. The summed E-state index contributed by atoms with van der Waals surface area (Å²) in [4.78, 5) is 23.4. The molecule has 6 nitrogen and oxygen atoms in total. The number of amides is 1. The molecule has 1 atom stereocenters. The summed E-state index contributed by atoms with van der Waals surface area (Å²) >= 11 is 0. The molecular weight excluding hydrogens is 302 g/mol. The van der Waals surface area contributed by atoms with E-state index in [1.54, 1.807) is 6.20 Å². The molecule has 0 aliphatic carbocycles. The third-order valence-corrected chi connectivity index (χ3v) is 4.20. The zero-order valence-corrected chi connectivity index (χ0v) is 14.8. The lowest BCUT2D eigenvalue weighted by molar-refractivity contribution is -0.128. The van der Waals surface area contributed by atoms with Crippen molar-refractivity contribution in [1.82, 2.24) is 24.6 Å². The number of carbonyl (C=O) groups is 1. The number of nitrogens with zero attached hydrogens (tertiary/aromatic N) is 5. The molecule has 2 aromatic heterocycles. The number of rotatable bonds is 5. The van der Waals surface area contributed by atoms with Crippen LogP contribution in [0.1, 0.15) is 57.6 Å². The maximum Gasteiger partial charge on any atom is 0.223 e. The van der Waals surface area contributed by atoms with E-state index in [2.05, 4.69) is 37.8 Å². The summed E-state index contributed by atoms with van der Waals surface area (Å²) < 4.78 is 1.81. The zero-order chi connectivity index (χ0) is 17.3. The Balaban J connectivity index is 1.94. The number of hydrogen-bond acceptors (Lipinski definition) is 4. The molecule has 1 fully saturated rings. The van der Waals surface area contributed by atoms with Gasteiger partial charge in [-0.15, -0.1) is 5.10 Å². The first-order valence-electron chi connectivity index (χ1n) is 8.61. The fourth-order valence-corrected chi connectivity index (χ4v) is 3.06. The Bertz CT molecular complexity index is 707.